The van der Waals surface area contributed by atoms with E-state index in [0.29, 0.717) is 49.1 Å². The van der Waals surface area contributed by atoms with Crippen LogP contribution >= 0.6 is 0 Å². The van der Waals surface area contributed by atoms with E-state index in [0.717, 1.165) is 26.1 Å². The molecule has 160 valence electrons. The van der Waals surface area contributed by atoms with E-state index >= 15 is 0 Å². The van der Waals surface area contributed by atoms with E-state index in [2.05, 4.69) is 20.2 Å². The number of aromatic nitrogens is 2. The number of rotatable bonds is 6. The summed E-state index contributed by atoms with van der Waals surface area (Å²) in [5.41, 5.74) is 0.695. The summed E-state index contributed by atoms with van der Waals surface area (Å²) in [6.07, 6.45) is 8.09. The van der Waals surface area contributed by atoms with Gasteiger partial charge in [0.25, 0.3) is 5.91 Å². The molecule has 0 aliphatic carbocycles. The van der Waals surface area contributed by atoms with E-state index in [9.17, 15) is 9.59 Å². The van der Waals surface area contributed by atoms with Crippen LogP contribution in [-0.4, -0.2) is 69.7 Å². The molecular formula is C22H35N5O2. The number of piperidine rings is 3. The molecule has 0 spiro atoms. The lowest BCUT2D eigenvalue weighted by molar-refractivity contribution is -0.122. The molecule has 2 bridgehead atoms. The minimum atomic E-state index is 0.108. The summed E-state index contributed by atoms with van der Waals surface area (Å²) in [4.78, 5) is 30.1. The highest BCUT2D eigenvalue weighted by atomic mass is 16.2. The molecule has 7 heteroatoms. The van der Waals surface area contributed by atoms with Crippen molar-refractivity contribution in [2.24, 2.45) is 11.8 Å². The molecule has 1 aromatic heterocycles. The van der Waals surface area contributed by atoms with Crippen LogP contribution < -0.4 is 5.32 Å². The number of aryl methyl sites for hydroxylation is 1. The molecule has 3 fully saturated rings. The van der Waals surface area contributed by atoms with Crippen molar-refractivity contribution in [2.45, 2.75) is 71.0 Å². The first kappa shape index (κ1) is 20.4. The molecule has 3 aliphatic rings. The average Bonchev–Trinajstić information content (AvgIpc) is 3.22. The van der Waals surface area contributed by atoms with Crippen LogP contribution in [0, 0.1) is 11.8 Å². The van der Waals surface area contributed by atoms with Crippen LogP contribution in [0.25, 0.3) is 0 Å². The Hall–Kier alpha value is -1.89. The van der Waals surface area contributed by atoms with Crippen LogP contribution in [0.2, 0.25) is 0 Å². The van der Waals surface area contributed by atoms with Gasteiger partial charge in [0, 0.05) is 50.9 Å². The standard InChI is InChI=1S/C22H35N5O2/c1-3-7-21(28)23-13-20-17-12-16(18-8-5-6-11-26(18)20)14-25(15-17)22(29)19-9-10-24-27(19)4-2/h9-10,16-18,20H,3-8,11-15H2,1-2H3,(H,23,28)/t16-,17+,18+,20+/m1/s1. The van der Waals surface area contributed by atoms with Crippen LogP contribution in [0.5, 0.6) is 0 Å². The summed E-state index contributed by atoms with van der Waals surface area (Å²) in [5, 5.41) is 7.46. The van der Waals surface area contributed by atoms with Crippen LogP contribution in [-0.2, 0) is 11.3 Å². The lowest BCUT2D eigenvalue weighted by Crippen LogP contribution is -2.66. The third kappa shape index (κ3) is 4.06. The fourth-order valence-electron chi connectivity index (χ4n) is 5.82. The molecule has 3 aliphatic heterocycles. The molecule has 4 heterocycles. The van der Waals surface area contributed by atoms with E-state index < -0.39 is 0 Å². The van der Waals surface area contributed by atoms with Gasteiger partial charge in [0.2, 0.25) is 5.91 Å². The number of carbonyl (C=O) groups excluding carboxylic acids is 2. The van der Waals surface area contributed by atoms with Gasteiger partial charge in [-0.1, -0.05) is 13.3 Å². The lowest BCUT2D eigenvalue weighted by atomic mass is 9.72. The van der Waals surface area contributed by atoms with E-state index in [1.807, 2.05) is 19.9 Å². The molecule has 4 atom stereocenters. The van der Waals surface area contributed by atoms with Gasteiger partial charge in [-0.2, -0.15) is 5.10 Å². The Kier molecular flexibility index (Phi) is 6.23. The highest BCUT2D eigenvalue weighted by Crippen LogP contribution is 2.41. The highest BCUT2D eigenvalue weighted by Gasteiger charge is 2.48. The zero-order chi connectivity index (χ0) is 20.4. The van der Waals surface area contributed by atoms with Crippen molar-refractivity contribution >= 4 is 11.8 Å². The molecule has 0 unspecified atom stereocenters. The summed E-state index contributed by atoms with van der Waals surface area (Å²) in [6, 6.07) is 2.72. The Morgan fingerprint density at radius 3 is 2.83 bits per heavy atom. The van der Waals surface area contributed by atoms with Gasteiger partial charge >= 0.3 is 0 Å². The van der Waals surface area contributed by atoms with Crippen molar-refractivity contribution in [2.75, 3.05) is 26.2 Å². The van der Waals surface area contributed by atoms with Crippen LogP contribution in [0.1, 0.15) is 62.9 Å². The van der Waals surface area contributed by atoms with E-state index in [4.69, 9.17) is 0 Å². The number of hydrogen-bond donors (Lipinski definition) is 1. The number of nitrogens with one attached hydrogen (secondary N) is 1. The van der Waals surface area contributed by atoms with Gasteiger partial charge in [0.05, 0.1) is 0 Å². The van der Waals surface area contributed by atoms with Gasteiger partial charge in [-0.15, -0.1) is 0 Å². The summed E-state index contributed by atoms with van der Waals surface area (Å²) >= 11 is 0. The van der Waals surface area contributed by atoms with Crippen molar-refractivity contribution in [1.82, 2.24) is 24.9 Å². The van der Waals surface area contributed by atoms with Gasteiger partial charge in [0.1, 0.15) is 5.69 Å². The Morgan fingerprint density at radius 2 is 2.03 bits per heavy atom. The van der Waals surface area contributed by atoms with Gasteiger partial charge in [-0.05, 0) is 57.1 Å². The van der Waals surface area contributed by atoms with Crippen molar-refractivity contribution in [3.63, 3.8) is 0 Å². The SMILES string of the molecule is CCCC(=O)NC[C@H]1[C@H]2C[C@H](CN(C(=O)c3ccnn3CC)C2)[C@@H]2CCCCN21. The molecule has 0 saturated carbocycles. The number of carbonyl (C=O) groups is 2. The van der Waals surface area contributed by atoms with Crippen LogP contribution in [0.4, 0.5) is 0 Å². The fourth-order valence-corrected chi connectivity index (χ4v) is 5.82. The Morgan fingerprint density at radius 1 is 1.21 bits per heavy atom. The molecule has 0 aromatic carbocycles. The molecule has 3 saturated heterocycles. The first-order valence-electron chi connectivity index (χ1n) is 11.5. The van der Waals surface area contributed by atoms with E-state index in [-0.39, 0.29) is 11.8 Å². The largest absolute Gasteiger partial charge is 0.355 e. The topological polar surface area (TPSA) is 70.5 Å². The maximum Gasteiger partial charge on any atom is 0.272 e. The summed E-state index contributed by atoms with van der Waals surface area (Å²) in [7, 11) is 0. The monoisotopic (exact) mass is 401 g/mol. The van der Waals surface area contributed by atoms with Crippen LogP contribution in [0.15, 0.2) is 12.3 Å². The number of hydrogen-bond acceptors (Lipinski definition) is 4. The van der Waals surface area contributed by atoms with E-state index in [1.54, 1.807) is 10.9 Å². The fraction of sp³-hybridized carbons (Fsp3) is 0.773. The van der Waals surface area contributed by atoms with E-state index in [1.165, 1.54) is 25.7 Å². The molecule has 1 aromatic rings. The zero-order valence-electron chi connectivity index (χ0n) is 17.8. The Labute approximate surface area is 173 Å². The smallest absolute Gasteiger partial charge is 0.272 e. The molecule has 4 rings (SSSR count). The lowest BCUT2D eigenvalue weighted by Gasteiger charge is -2.56. The second-order valence-electron chi connectivity index (χ2n) is 8.92. The predicted molar refractivity (Wildman–Crippen MR) is 111 cm³/mol. The van der Waals surface area contributed by atoms with Crippen molar-refractivity contribution in [3.8, 4) is 0 Å². The highest BCUT2D eigenvalue weighted by molar-refractivity contribution is 5.92. The predicted octanol–water partition coefficient (Wildman–Crippen LogP) is 2.13. The van der Waals surface area contributed by atoms with Gasteiger partial charge < -0.3 is 10.2 Å². The summed E-state index contributed by atoms with van der Waals surface area (Å²) < 4.78 is 1.79. The maximum absolute atomic E-state index is 13.3. The first-order valence-corrected chi connectivity index (χ1v) is 11.5. The summed E-state index contributed by atoms with van der Waals surface area (Å²) in [5.74, 6) is 1.22. The molecule has 1 N–H and O–H groups in total. The molecule has 2 amide bonds. The maximum atomic E-state index is 13.3. The van der Waals surface area contributed by atoms with Crippen molar-refractivity contribution in [3.05, 3.63) is 18.0 Å². The van der Waals surface area contributed by atoms with Gasteiger partial charge in [-0.25, -0.2) is 0 Å². The van der Waals surface area contributed by atoms with Crippen molar-refractivity contribution in [1.29, 1.82) is 0 Å². The summed E-state index contributed by atoms with van der Waals surface area (Å²) in [6.45, 7) is 8.23. The number of nitrogens with zero attached hydrogens (tertiary/aromatic N) is 4. The quantitative estimate of drug-likeness (QED) is 0.793. The number of fused-ring (bicyclic) bond motifs is 4. The normalized spacial score (nSPS) is 29.4. The third-order valence-corrected chi connectivity index (χ3v) is 7.13. The Bertz CT molecular complexity index is 733. The molecule has 0 radical (unpaired) electrons. The number of likely N-dealkylation sites (tertiary alicyclic amines) is 1. The minimum absolute atomic E-state index is 0.108. The second kappa shape index (κ2) is 8.86. The third-order valence-electron chi connectivity index (χ3n) is 7.13. The molecular weight excluding hydrogens is 366 g/mol. The van der Waals surface area contributed by atoms with Gasteiger partial charge in [-0.3, -0.25) is 19.2 Å². The van der Waals surface area contributed by atoms with Crippen LogP contribution in [0.3, 0.4) is 0 Å². The zero-order valence-corrected chi connectivity index (χ0v) is 17.8. The number of amides is 2. The average molecular weight is 402 g/mol. The van der Waals surface area contributed by atoms with Crippen molar-refractivity contribution < 1.29 is 9.59 Å². The Balaban J connectivity index is 1.52. The minimum Gasteiger partial charge on any atom is -0.355 e. The molecule has 7 nitrogen and oxygen atoms in total. The molecule has 29 heavy (non-hydrogen) atoms. The van der Waals surface area contributed by atoms with Gasteiger partial charge in [0.15, 0.2) is 0 Å². The second-order valence-corrected chi connectivity index (χ2v) is 8.92. The first-order chi connectivity index (χ1) is 14.1.